The van der Waals surface area contributed by atoms with E-state index in [2.05, 4.69) is 6.92 Å². The second-order valence-corrected chi connectivity index (χ2v) is 6.01. The standard InChI is InChI=1S/C16H21FN2O2/c1-16(10-18)8-9-19(11-16)15(21)7-6-14(20)12-2-4-13(17)5-3-12/h2-5H,6-11,18H2,1H3. The highest BCUT2D eigenvalue weighted by molar-refractivity contribution is 5.97. The summed E-state index contributed by atoms with van der Waals surface area (Å²) >= 11 is 0. The van der Waals surface area contributed by atoms with Gasteiger partial charge in [0.05, 0.1) is 0 Å². The fraction of sp³-hybridized carbons (Fsp3) is 0.500. The number of carbonyl (C=O) groups excluding carboxylic acids is 2. The summed E-state index contributed by atoms with van der Waals surface area (Å²) < 4.78 is 12.8. The molecule has 1 aliphatic heterocycles. The van der Waals surface area contributed by atoms with E-state index < -0.39 is 0 Å². The molecule has 0 bridgehead atoms. The Morgan fingerprint density at radius 2 is 1.95 bits per heavy atom. The van der Waals surface area contributed by atoms with Gasteiger partial charge >= 0.3 is 0 Å². The van der Waals surface area contributed by atoms with Crippen molar-refractivity contribution in [3.63, 3.8) is 0 Å². The van der Waals surface area contributed by atoms with E-state index in [0.29, 0.717) is 25.2 Å². The van der Waals surface area contributed by atoms with E-state index in [4.69, 9.17) is 5.73 Å². The minimum absolute atomic E-state index is 0.00335. The fourth-order valence-corrected chi connectivity index (χ4v) is 2.56. The number of likely N-dealkylation sites (tertiary alicyclic amines) is 1. The van der Waals surface area contributed by atoms with E-state index in [1.165, 1.54) is 24.3 Å². The number of amides is 1. The van der Waals surface area contributed by atoms with Crippen molar-refractivity contribution in [1.82, 2.24) is 4.90 Å². The molecule has 1 unspecified atom stereocenters. The molecule has 2 rings (SSSR count). The van der Waals surface area contributed by atoms with Crippen LogP contribution in [0.5, 0.6) is 0 Å². The van der Waals surface area contributed by atoms with Crippen LogP contribution in [0.1, 0.15) is 36.5 Å². The van der Waals surface area contributed by atoms with Gasteiger partial charge in [0, 0.05) is 31.5 Å². The molecule has 5 heteroatoms. The number of halogens is 1. The minimum Gasteiger partial charge on any atom is -0.342 e. The number of nitrogens with two attached hydrogens (primary N) is 1. The van der Waals surface area contributed by atoms with Crippen molar-refractivity contribution in [3.8, 4) is 0 Å². The van der Waals surface area contributed by atoms with Gasteiger partial charge in [0.25, 0.3) is 0 Å². The van der Waals surface area contributed by atoms with Crippen LogP contribution in [0.4, 0.5) is 4.39 Å². The van der Waals surface area contributed by atoms with Gasteiger partial charge in [-0.05, 0) is 42.6 Å². The minimum atomic E-state index is -0.374. The molecular formula is C16H21FN2O2. The number of hydrogen-bond acceptors (Lipinski definition) is 3. The third-order valence-electron chi connectivity index (χ3n) is 4.14. The summed E-state index contributed by atoms with van der Waals surface area (Å²) in [4.78, 5) is 25.8. The van der Waals surface area contributed by atoms with E-state index in [0.717, 1.165) is 6.42 Å². The van der Waals surface area contributed by atoms with E-state index in [-0.39, 0.29) is 35.8 Å². The molecule has 21 heavy (non-hydrogen) atoms. The zero-order valence-electron chi connectivity index (χ0n) is 12.3. The smallest absolute Gasteiger partial charge is 0.223 e. The molecule has 1 atom stereocenters. The van der Waals surface area contributed by atoms with Crippen LogP contribution in [0.2, 0.25) is 0 Å². The van der Waals surface area contributed by atoms with Crippen molar-refractivity contribution in [2.45, 2.75) is 26.2 Å². The van der Waals surface area contributed by atoms with Gasteiger partial charge in [0.2, 0.25) is 5.91 Å². The molecule has 1 aromatic carbocycles. The van der Waals surface area contributed by atoms with E-state index in [1.54, 1.807) is 4.90 Å². The first-order chi connectivity index (χ1) is 9.93. The van der Waals surface area contributed by atoms with Crippen molar-refractivity contribution in [2.75, 3.05) is 19.6 Å². The van der Waals surface area contributed by atoms with Crippen molar-refractivity contribution < 1.29 is 14.0 Å². The topological polar surface area (TPSA) is 63.4 Å². The SMILES string of the molecule is CC1(CN)CCN(C(=O)CCC(=O)c2ccc(F)cc2)C1. The van der Waals surface area contributed by atoms with Gasteiger partial charge < -0.3 is 10.6 Å². The van der Waals surface area contributed by atoms with Crippen LogP contribution in [0, 0.1) is 11.2 Å². The van der Waals surface area contributed by atoms with Gasteiger partial charge in [-0.3, -0.25) is 9.59 Å². The summed E-state index contributed by atoms with van der Waals surface area (Å²) in [5.74, 6) is -0.521. The molecule has 0 spiro atoms. The van der Waals surface area contributed by atoms with Crippen LogP contribution in [0.15, 0.2) is 24.3 Å². The summed E-state index contributed by atoms with van der Waals surface area (Å²) in [5.41, 5.74) is 6.16. The lowest BCUT2D eigenvalue weighted by Gasteiger charge is -2.22. The van der Waals surface area contributed by atoms with Crippen LogP contribution < -0.4 is 5.73 Å². The molecule has 1 aromatic rings. The maximum absolute atomic E-state index is 12.8. The van der Waals surface area contributed by atoms with Gasteiger partial charge in [0.15, 0.2) is 5.78 Å². The first-order valence-electron chi connectivity index (χ1n) is 7.20. The van der Waals surface area contributed by atoms with Crippen LogP contribution in [-0.4, -0.2) is 36.2 Å². The molecule has 0 aromatic heterocycles. The summed E-state index contributed by atoms with van der Waals surface area (Å²) in [6, 6.07) is 5.40. The zero-order valence-corrected chi connectivity index (χ0v) is 12.3. The number of hydrogen-bond donors (Lipinski definition) is 1. The van der Waals surface area contributed by atoms with Gasteiger partial charge in [-0.2, -0.15) is 0 Å². The molecule has 1 aliphatic rings. The maximum atomic E-state index is 12.8. The van der Waals surface area contributed by atoms with Gasteiger partial charge in [-0.1, -0.05) is 6.92 Å². The third-order valence-corrected chi connectivity index (χ3v) is 4.14. The molecular weight excluding hydrogens is 271 g/mol. The first-order valence-corrected chi connectivity index (χ1v) is 7.20. The Balaban J connectivity index is 1.84. The fourth-order valence-electron chi connectivity index (χ4n) is 2.56. The van der Waals surface area contributed by atoms with E-state index in [9.17, 15) is 14.0 Å². The monoisotopic (exact) mass is 292 g/mol. The average Bonchev–Trinajstić information content (AvgIpc) is 2.88. The Hall–Kier alpha value is -1.75. The Morgan fingerprint density at radius 3 is 2.52 bits per heavy atom. The Bertz CT molecular complexity index is 530. The lowest BCUT2D eigenvalue weighted by Crippen LogP contribution is -2.34. The Kier molecular flexibility index (Phi) is 4.73. The molecule has 114 valence electrons. The van der Waals surface area contributed by atoms with Gasteiger partial charge in [-0.15, -0.1) is 0 Å². The molecule has 1 heterocycles. The van der Waals surface area contributed by atoms with Crippen molar-refractivity contribution in [3.05, 3.63) is 35.6 Å². The molecule has 0 aliphatic carbocycles. The van der Waals surface area contributed by atoms with Crippen molar-refractivity contribution in [1.29, 1.82) is 0 Å². The highest BCUT2D eigenvalue weighted by Crippen LogP contribution is 2.28. The molecule has 0 saturated carbocycles. The number of rotatable bonds is 5. The number of Topliss-reactive ketones (excluding diaryl/α,β-unsaturated/α-hetero) is 1. The summed E-state index contributed by atoms with van der Waals surface area (Å²) in [7, 11) is 0. The lowest BCUT2D eigenvalue weighted by atomic mass is 9.90. The summed E-state index contributed by atoms with van der Waals surface area (Å²) in [5, 5.41) is 0. The summed E-state index contributed by atoms with van der Waals surface area (Å²) in [6.07, 6.45) is 1.25. The largest absolute Gasteiger partial charge is 0.342 e. The number of nitrogens with zero attached hydrogens (tertiary/aromatic N) is 1. The second-order valence-electron chi connectivity index (χ2n) is 6.01. The van der Waals surface area contributed by atoms with Crippen molar-refractivity contribution in [2.24, 2.45) is 11.1 Å². The molecule has 0 radical (unpaired) electrons. The van der Waals surface area contributed by atoms with Crippen molar-refractivity contribution >= 4 is 11.7 Å². The van der Waals surface area contributed by atoms with Crippen LogP contribution in [-0.2, 0) is 4.79 Å². The highest BCUT2D eigenvalue weighted by atomic mass is 19.1. The van der Waals surface area contributed by atoms with Crippen LogP contribution in [0.3, 0.4) is 0 Å². The molecule has 1 fully saturated rings. The maximum Gasteiger partial charge on any atom is 0.223 e. The van der Waals surface area contributed by atoms with Crippen LogP contribution in [0.25, 0.3) is 0 Å². The zero-order chi connectivity index (χ0) is 15.5. The predicted molar refractivity (Wildman–Crippen MR) is 78.3 cm³/mol. The Labute approximate surface area is 124 Å². The third kappa shape index (κ3) is 3.88. The van der Waals surface area contributed by atoms with E-state index in [1.807, 2.05) is 0 Å². The van der Waals surface area contributed by atoms with Crippen LogP contribution >= 0.6 is 0 Å². The number of carbonyl (C=O) groups is 2. The number of ketones is 1. The summed E-state index contributed by atoms with van der Waals surface area (Å²) in [6.45, 7) is 4.00. The number of benzene rings is 1. The predicted octanol–water partition coefficient (Wildman–Crippen LogP) is 1.99. The second kappa shape index (κ2) is 6.35. The average molecular weight is 292 g/mol. The molecule has 2 N–H and O–H groups in total. The quantitative estimate of drug-likeness (QED) is 0.844. The first kappa shape index (κ1) is 15.6. The van der Waals surface area contributed by atoms with Gasteiger partial charge in [-0.25, -0.2) is 4.39 Å². The lowest BCUT2D eigenvalue weighted by molar-refractivity contribution is -0.130. The molecule has 4 nitrogen and oxygen atoms in total. The molecule has 1 amide bonds. The van der Waals surface area contributed by atoms with E-state index >= 15 is 0 Å². The highest BCUT2D eigenvalue weighted by Gasteiger charge is 2.34. The molecule has 1 saturated heterocycles. The Morgan fingerprint density at radius 1 is 1.29 bits per heavy atom. The van der Waals surface area contributed by atoms with Gasteiger partial charge in [0.1, 0.15) is 5.82 Å². The normalized spacial score (nSPS) is 21.6.